The Hall–Kier alpha value is -2.95. The summed E-state index contributed by atoms with van der Waals surface area (Å²) < 4.78 is 13.1. The molecule has 26 heavy (non-hydrogen) atoms. The molecule has 0 fully saturated rings. The Morgan fingerprint density at radius 3 is 2.46 bits per heavy atom. The number of nitrogens with zero attached hydrogens (tertiary/aromatic N) is 2. The summed E-state index contributed by atoms with van der Waals surface area (Å²) in [6.07, 6.45) is 3.27. The molecule has 0 amide bonds. The highest BCUT2D eigenvalue weighted by atomic mass is 16.5. The van der Waals surface area contributed by atoms with E-state index in [-0.39, 0.29) is 0 Å². The SMILES string of the molecule is COc1ccccc1-c1nn(-c2ccccc2OC)c2c1CCCCN2. The molecule has 2 aromatic carbocycles. The van der Waals surface area contributed by atoms with Gasteiger partial charge in [0.05, 0.1) is 14.2 Å². The Balaban J connectivity index is 1.95. The number of anilines is 1. The van der Waals surface area contributed by atoms with E-state index >= 15 is 0 Å². The summed E-state index contributed by atoms with van der Waals surface area (Å²) >= 11 is 0. The van der Waals surface area contributed by atoms with Crippen molar-refractivity contribution in [2.45, 2.75) is 19.3 Å². The normalized spacial score (nSPS) is 13.5. The Bertz CT molecular complexity index is 845. The van der Waals surface area contributed by atoms with Crippen LogP contribution in [0.4, 0.5) is 5.82 Å². The number of ether oxygens (including phenoxy) is 2. The second-order valence-electron chi connectivity index (χ2n) is 6.34. The maximum absolute atomic E-state index is 5.59. The molecule has 1 aromatic heterocycles. The number of hydrogen-bond acceptors (Lipinski definition) is 4. The van der Waals surface area contributed by atoms with E-state index in [2.05, 4.69) is 11.4 Å². The van der Waals surface area contributed by atoms with E-state index in [9.17, 15) is 0 Å². The third kappa shape index (κ3) is 2.79. The topological polar surface area (TPSA) is 48.3 Å². The van der Waals surface area contributed by atoms with Gasteiger partial charge in [-0.3, -0.25) is 0 Å². The minimum Gasteiger partial charge on any atom is -0.496 e. The van der Waals surface area contributed by atoms with E-state index in [0.29, 0.717) is 0 Å². The van der Waals surface area contributed by atoms with Gasteiger partial charge >= 0.3 is 0 Å². The fourth-order valence-corrected chi connectivity index (χ4v) is 3.54. The van der Waals surface area contributed by atoms with Crippen LogP contribution in [0.3, 0.4) is 0 Å². The van der Waals surface area contributed by atoms with Crippen LogP contribution >= 0.6 is 0 Å². The summed E-state index contributed by atoms with van der Waals surface area (Å²) in [5.41, 5.74) is 4.15. The molecule has 0 spiro atoms. The smallest absolute Gasteiger partial charge is 0.144 e. The maximum atomic E-state index is 5.59. The Labute approximate surface area is 153 Å². The maximum Gasteiger partial charge on any atom is 0.144 e. The molecule has 1 aliphatic rings. The Morgan fingerprint density at radius 2 is 1.65 bits per heavy atom. The minimum absolute atomic E-state index is 0.801. The Kier molecular flexibility index (Phi) is 4.52. The number of methoxy groups -OCH3 is 2. The van der Waals surface area contributed by atoms with Gasteiger partial charge in [0.2, 0.25) is 0 Å². The molecule has 134 valence electrons. The first-order valence-electron chi connectivity index (χ1n) is 8.96. The third-order valence-corrected chi connectivity index (χ3v) is 4.80. The monoisotopic (exact) mass is 349 g/mol. The fourth-order valence-electron chi connectivity index (χ4n) is 3.54. The van der Waals surface area contributed by atoms with Gasteiger partial charge in [-0.2, -0.15) is 5.10 Å². The van der Waals surface area contributed by atoms with Crippen molar-refractivity contribution in [2.75, 3.05) is 26.1 Å². The second kappa shape index (κ2) is 7.12. The number of benzene rings is 2. The number of para-hydroxylation sites is 3. The molecular weight excluding hydrogens is 326 g/mol. The zero-order valence-electron chi connectivity index (χ0n) is 15.2. The molecule has 0 saturated carbocycles. The van der Waals surface area contributed by atoms with E-state index in [1.54, 1.807) is 14.2 Å². The largest absolute Gasteiger partial charge is 0.496 e. The van der Waals surface area contributed by atoms with Crippen LogP contribution in [-0.4, -0.2) is 30.5 Å². The summed E-state index contributed by atoms with van der Waals surface area (Å²) in [7, 11) is 3.39. The molecular formula is C21H23N3O2. The van der Waals surface area contributed by atoms with Gasteiger partial charge in [-0.15, -0.1) is 0 Å². The zero-order valence-corrected chi connectivity index (χ0v) is 15.2. The minimum atomic E-state index is 0.801. The van der Waals surface area contributed by atoms with Gasteiger partial charge in [-0.25, -0.2) is 4.68 Å². The number of nitrogens with one attached hydrogen (secondary N) is 1. The molecule has 4 rings (SSSR count). The van der Waals surface area contributed by atoms with Crippen LogP contribution in [0.1, 0.15) is 18.4 Å². The van der Waals surface area contributed by atoms with E-state index in [1.807, 2.05) is 47.1 Å². The van der Waals surface area contributed by atoms with Crippen LogP contribution in [-0.2, 0) is 6.42 Å². The van der Waals surface area contributed by atoms with Gasteiger partial charge in [0, 0.05) is 17.7 Å². The van der Waals surface area contributed by atoms with E-state index in [1.165, 1.54) is 5.56 Å². The third-order valence-electron chi connectivity index (χ3n) is 4.80. The van der Waals surface area contributed by atoms with E-state index < -0.39 is 0 Å². The number of rotatable bonds is 4. The van der Waals surface area contributed by atoms with Gasteiger partial charge in [0.15, 0.2) is 0 Å². The molecule has 5 nitrogen and oxygen atoms in total. The molecule has 2 heterocycles. The zero-order chi connectivity index (χ0) is 17.9. The van der Waals surface area contributed by atoms with Gasteiger partial charge in [0.25, 0.3) is 0 Å². The lowest BCUT2D eigenvalue weighted by atomic mass is 10.0. The van der Waals surface area contributed by atoms with E-state index in [4.69, 9.17) is 14.6 Å². The van der Waals surface area contributed by atoms with Crippen LogP contribution in [0.25, 0.3) is 16.9 Å². The fraction of sp³-hybridized carbons (Fsp3) is 0.286. The summed E-state index contributed by atoms with van der Waals surface area (Å²) in [5, 5.41) is 8.56. The van der Waals surface area contributed by atoms with E-state index in [0.717, 1.165) is 60.1 Å². The van der Waals surface area contributed by atoms with Crippen molar-refractivity contribution in [3.05, 3.63) is 54.1 Å². The number of aromatic nitrogens is 2. The van der Waals surface area contributed by atoms with Crippen molar-refractivity contribution >= 4 is 5.82 Å². The quantitative estimate of drug-likeness (QED) is 0.763. The summed E-state index contributed by atoms with van der Waals surface area (Å²) in [6, 6.07) is 16.0. The average molecular weight is 349 g/mol. The van der Waals surface area contributed by atoms with Gasteiger partial charge in [0.1, 0.15) is 28.7 Å². The van der Waals surface area contributed by atoms with Crippen molar-refractivity contribution in [3.8, 4) is 28.4 Å². The predicted octanol–water partition coefficient (Wildman–Crippen LogP) is 4.30. The van der Waals surface area contributed by atoms with Crippen molar-refractivity contribution in [1.29, 1.82) is 0 Å². The van der Waals surface area contributed by atoms with Crippen LogP contribution in [0.5, 0.6) is 11.5 Å². The lowest BCUT2D eigenvalue weighted by molar-refractivity contribution is 0.412. The van der Waals surface area contributed by atoms with Crippen LogP contribution in [0.2, 0.25) is 0 Å². The lowest BCUT2D eigenvalue weighted by Crippen LogP contribution is -2.08. The molecule has 0 radical (unpaired) electrons. The molecule has 0 aliphatic carbocycles. The first kappa shape index (κ1) is 16.5. The Morgan fingerprint density at radius 1 is 0.923 bits per heavy atom. The predicted molar refractivity (Wildman–Crippen MR) is 104 cm³/mol. The van der Waals surface area contributed by atoms with Gasteiger partial charge in [-0.1, -0.05) is 24.3 Å². The summed E-state index contributed by atoms with van der Waals surface area (Å²) in [4.78, 5) is 0. The summed E-state index contributed by atoms with van der Waals surface area (Å²) in [5.74, 6) is 2.69. The summed E-state index contributed by atoms with van der Waals surface area (Å²) in [6.45, 7) is 0.944. The van der Waals surface area contributed by atoms with Crippen molar-refractivity contribution in [3.63, 3.8) is 0 Å². The van der Waals surface area contributed by atoms with Gasteiger partial charge < -0.3 is 14.8 Å². The molecule has 3 aromatic rings. The molecule has 1 N–H and O–H groups in total. The van der Waals surface area contributed by atoms with Crippen LogP contribution < -0.4 is 14.8 Å². The highest BCUT2D eigenvalue weighted by Crippen LogP contribution is 2.39. The first-order chi connectivity index (χ1) is 12.8. The standard InChI is InChI=1S/C21H23N3O2/c1-25-18-12-5-3-9-15(18)20-16-10-7-8-14-22-21(16)24(23-20)17-11-4-6-13-19(17)26-2/h3-6,9,11-13,22H,7-8,10,14H2,1-2H3. The molecule has 0 saturated heterocycles. The van der Waals surface area contributed by atoms with Crippen molar-refractivity contribution < 1.29 is 9.47 Å². The molecule has 1 aliphatic heterocycles. The molecule has 0 atom stereocenters. The first-order valence-corrected chi connectivity index (χ1v) is 8.96. The lowest BCUT2D eigenvalue weighted by Gasteiger charge is -2.12. The highest BCUT2D eigenvalue weighted by Gasteiger charge is 2.24. The highest BCUT2D eigenvalue weighted by molar-refractivity contribution is 5.76. The molecule has 0 unspecified atom stereocenters. The van der Waals surface area contributed by atoms with Crippen LogP contribution in [0, 0.1) is 0 Å². The number of hydrogen-bond donors (Lipinski definition) is 1. The molecule has 5 heteroatoms. The van der Waals surface area contributed by atoms with Gasteiger partial charge in [-0.05, 0) is 43.5 Å². The molecule has 0 bridgehead atoms. The second-order valence-corrected chi connectivity index (χ2v) is 6.34. The number of fused-ring (bicyclic) bond motifs is 1. The van der Waals surface area contributed by atoms with Crippen molar-refractivity contribution in [1.82, 2.24) is 9.78 Å². The van der Waals surface area contributed by atoms with Crippen molar-refractivity contribution in [2.24, 2.45) is 0 Å². The average Bonchev–Trinajstić information content (AvgIpc) is 2.88. The van der Waals surface area contributed by atoms with Crippen LogP contribution in [0.15, 0.2) is 48.5 Å².